The van der Waals surface area contributed by atoms with E-state index in [1.807, 2.05) is 30.0 Å². The summed E-state index contributed by atoms with van der Waals surface area (Å²) in [6, 6.07) is 5.76. The molecule has 2 saturated heterocycles. The third-order valence-corrected chi connectivity index (χ3v) is 5.45. The molecule has 2 amide bonds. The molecule has 1 N–H and O–H groups in total. The highest BCUT2D eigenvalue weighted by atomic mass is 16.5. The molecule has 5 heteroatoms. The molecule has 1 unspecified atom stereocenters. The second-order valence-corrected chi connectivity index (χ2v) is 7.20. The molecule has 1 aromatic rings. The number of carbonyl (C=O) groups is 2. The van der Waals surface area contributed by atoms with E-state index in [0.717, 1.165) is 55.8 Å². The van der Waals surface area contributed by atoms with Gasteiger partial charge in [-0.25, -0.2) is 0 Å². The van der Waals surface area contributed by atoms with Gasteiger partial charge in [-0.15, -0.1) is 0 Å². The molecule has 122 valence electrons. The van der Waals surface area contributed by atoms with Crippen LogP contribution in [0, 0.1) is 5.41 Å². The van der Waals surface area contributed by atoms with Crippen molar-refractivity contribution in [2.75, 3.05) is 19.6 Å². The number of piperidine rings is 1. The van der Waals surface area contributed by atoms with Crippen molar-refractivity contribution in [2.45, 2.75) is 38.7 Å². The average molecular weight is 314 g/mol. The molecule has 3 aliphatic heterocycles. The zero-order chi connectivity index (χ0) is 16.0. The maximum Gasteiger partial charge on any atom is 0.253 e. The number of nitrogens with one attached hydrogen (secondary N) is 1. The summed E-state index contributed by atoms with van der Waals surface area (Å²) >= 11 is 0. The van der Waals surface area contributed by atoms with Gasteiger partial charge >= 0.3 is 0 Å². The van der Waals surface area contributed by atoms with E-state index in [-0.39, 0.29) is 23.3 Å². The van der Waals surface area contributed by atoms with Gasteiger partial charge in [-0.2, -0.15) is 0 Å². The van der Waals surface area contributed by atoms with Crippen molar-refractivity contribution in [2.24, 2.45) is 5.41 Å². The first-order valence-corrected chi connectivity index (χ1v) is 8.40. The third kappa shape index (κ3) is 2.58. The Labute approximate surface area is 136 Å². The van der Waals surface area contributed by atoms with Crippen molar-refractivity contribution in [3.63, 3.8) is 0 Å². The Morgan fingerprint density at radius 2 is 2.13 bits per heavy atom. The van der Waals surface area contributed by atoms with Crippen molar-refractivity contribution >= 4 is 11.8 Å². The Bertz CT molecular complexity index is 662. The fourth-order valence-electron chi connectivity index (χ4n) is 4.03. The number of likely N-dealkylation sites (tertiary alicyclic amines) is 1. The van der Waals surface area contributed by atoms with E-state index in [9.17, 15) is 9.59 Å². The number of ether oxygens (including phenoxy) is 1. The van der Waals surface area contributed by atoms with Gasteiger partial charge in [0.25, 0.3) is 5.91 Å². The van der Waals surface area contributed by atoms with Crippen LogP contribution in [-0.2, 0) is 11.2 Å². The summed E-state index contributed by atoms with van der Waals surface area (Å²) in [7, 11) is 0. The number of hydrogen-bond donors (Lipinski definition) is 1. The van der Waals surface area contributed by atoms with Gasteiger partial charge in [0.2, 0.25) is 5.91 Å². The molecule has 1 aromatic carbocycles. The first kappa shape index (κ1) is 14.5. The summed E-state index contributed by atoms with van der Waals surface area (Å²) in [6.07, 6.45) is 3.49. The van der Waals surface area contributed by atoms with Crippen LogP contribution in [0.3, 0.4) is 0 Å². The van der Waals surface area contributed by atoms with Crippen LogP contribution in [-0.4, -0.2) is 42.5 Å². The molecule has 0 bridgehead atoms. The molecule has 0 aromatic heterocycles. The smallest absolute Gasteiger partial charge is 0.253 e. The van der Waals surface area contributed by atoms with Gasteiger partial charge in [0.15, 0.2) is 0 Å². The van der Waals surface area contributed by atoms with Crippen LogP contribution in [0.2, 0.25) is 0 Å². The van der Waals surface area contributed by atoms with Crippen LogP contribution >= 0.6 is 0 Å². The summed E-state index contributed by atoms with van der Waals surface area (Å²) in [4.78, 5) is 26.2. The zero-order valence-electron chi connectivity index (χ0n) is 13.4. The van der Waals surface area contributed by atoms with Crippen molar-refractivity contribution in [3.8, 4) is 5.75 Å². The van der Waals surface area contributed by atoms with Crippen molar-refractivity contribution in [3.05, 3.63) is 29.3 Å². The van der Waals surface area contributed by atoms with E-state index < -0.39 is 0 Å². The van der Waals surface area contributed by atoms with E-state index in [4.69, 9.17) is 4.74 Å². The molecule has 5 nitrogen and oxygen atoms in total. The molecule has 1 spiro atoms. The largest absolute Gasteiger partial charge is 0.490 e. The summed E-state index contributed by atoms with van der Waals surface area (Å²) in [5.74, 6) is 1.15. The lowest BCUT2D eigenvalue weighted by molar-refractivity contribution is -0.119. The van der Waals surface area contributed by atoms with Crippen LogP contribution in [0.25, 0.3) is 0 Å². The fraction of sp³-hybridized carbons (Fsp3) is 0.556. The minimum absolute atomic E-state index is 0.0784. The molecule has 3 aliphatic rings. The molecule has 2 fully saturated rings. The normalized spacial score (nSPS) is 25.2. The van der Waals surface area contributed by atoms with E-state index in [0.29, 0.717) is 6.42 Å². The molecule has 0 radical (unpaired) electrons. The highest BCUT2D eigenvalue weighted by Gasteiger charge is 2.41. The molecular formula is C18H22N2O3. The van der Waals surface area contributed by atoms with E-state index in [2.05, 4.69) is 5.32 Å². The number of amides is 2. The number of carbonyl (C=O) groups excluding carboxylic acids is 2. The monoisotopic (exact) mass is 314 g/mol. The number of benzene rings is 1. The van der Waals surface area contributed by atoms with Crippen LogP contribution in [0.5, 0.6) is 5.75 Å². The quantitative estimate of drug-likeness (QED) is 0.859. The SMILES string of the molecule is CC1Cc2cc(C(=O)N3CCC4(CC3)CNC(=O)C4)ccc2O1. The summed E-state index contributed by atoms with van der Waals surface area (Å²) in [5.41, 5.74) is 1.95. The van der Waals surface area contributed by atoms with Crippen LogP contribution in [0.1, 0.15) is 42.1 Å². The van der Waals surface area contributed by atoms with Gasteiger partial charge in [-0.1, -0.05) is 0 Å². The molecule has 23 heavy (non-hydrogen) atoms. The molecular weight excluding hydrogens is 292 g/mol. The minimum Gasteiger partial charge on any atom is -0.490 e. The predicted octanol–water partition coefficient (Wildman–Crippen LogP) is 1.75. The van der Waals surface area contributed by atoms with Gasteiger partial charge in [0.05, 0.1) is 0 Å². The zero-order valence-corrected chi connectivity index (χ0v) is 13.4. The van der Waals surface area contributed by atoms with Gasteiger partial charge in [0.1, 0.15) is 11.9 Å². The molecule has 4 rings (SSSR count). The summed E-state index contributed by atoms with van der Waals surface area (Å²) in [6.45, 7) is 4.28. The van der Waals surface area contributed by atoms with Gasteiger partial charge in [-0.05, 0) is 48.9 Å². The summed E-state index contributed by atoms with van der Waals surface area (Å²) in [5, 5.41) is 2.93. The third-order valence-electron chi connectivity index (χ3n) is 5.45. The number of rotatable bonds is 1. The molecule has 3 heterocycles. The second kappa shape index (κ2) is 5.25. The maximum atomic E-state index is 12.8. The molecule has 0 aliphatic carbocycles. The predicted molar refractivity (Wildman–Crippen MR) is 85.4 cm³/mol. The first-order valence-electron chi connectivity index (χ1n) is 8.40. The van der Waals surface area contributed by atoms with Crippen molar-refractivity contribution in [1.29, 1.82) is 0 Å². The van der Waals surface area contributed by atoms with Crippen LogP contribution in [0.15, 0.2) is 18.2 Å². The lowest BCUT2D eigenvalue weighted by Crippen LogP contribution is -2.44. The Kier molecular flexibility index (Phi) is 3.32. The number of fused-ring (bicyclic) bond motifs is 1. The number of nitrogens with zero attached hydrogens (tertiary/aromatic N) is 1. The Balaban J connectivity index is 1.45. The lowest BCUT2D eigenvalue weighted by atomic mass is 9.77. The van der Waals surface area contributed by atoms with E-state index in [1.165, 1.54) is 0 Å². The van der Waals surface area contributed by atoms with E-state index >= 15 is 0 Å². The second-order valence-electron chi connectivity index (χ2n) is 7.20. The lowest BCUT2D eigenvalue weighted by Gasteiger charge is -2.38. The van der Waals surface area contributed by atoms with Crippen molar-refractivity contribution in [1.82, 2.24) is 10.2 Å². The van der Waals surface area contributed by atoms with Crippen molar-refractivity contribution < 1.29 is 14.3 Å². The topological polar surface area (TPSA) is 58.6 Å². The van der Waals surface area contributed by atoms with Crippen LogP contribution < -0.4 is 10.1 Å². The first-order chi connectivity index (χ1) is 11.0. The highest BCUT2D eigenvalue weighted by Crippen LogP contribution is 2.38. The maximum absolute atomic E-state index is 12.8. The Morgan fingerprint density at radius 1 is 1.35 bits per heavy atom. The number of hydrogen-bond acceptors (Lipinski definition) is 3. The Hall–Kier alpha value is -2.04. The van der Waals surface area contributed by atoms with E-state index in [1.54, 1.807) is 0 Å². The van der Waals surface area contributed by atoms with Gasteiger partial charge in [0, 0.05) is 38.0 Å². The standard InChI is InChI=1S/C18H22N2O3/c1-12-8-14-9-13(2-3-15(14)23-12)17(22)20-6-4-18(5-7-20)10-16(21)19-11-18/h2-3,9,12H,4-8,10-11H2,1H3,(H,19,21). The average Bonchev–Trinajstić information content (AvgIpc) is 3.08. The fourth-order valence-corrected chi connectivity index (χ4v) is 4.03. The van der Waals surface area contributed by atoms with Gasteiger partial charge < -0.3 is 15.0 Å². The Morgan fingerprint density at radius 3 is 2.83 bits per heavy atom. The minimum atomic E-state index is 0.0784. The molecule has 1 atom stereocenters. The molecule has 0 saturated carbocycles. The van der Waals surface area contributed by atoms with Gasteiger partial charge in [-0.3, -0.25) is 9.59 Å². The summed E-state index contributed by atoms with van der Waals surface area (Å²) < 4.78 is 5.70. The highest BCUT2D eigenvalue weighted by molar-refractivity contribution is 5.94. The van der Waals surface area contributed by atoms with Crippen LogP contribution in [0.4, 0.5) is 0 Å².